The number of benzene rings is 2. The second kappa shape index (κ2) is 8.81. The fourth-order valence-corrected chi connectivity index (χ4v) is 3.15. The van der Waals surface area contributed by atoms with Crippen molar-refractivity contribution in [2.24, 2.45) is 0 Å². The number of rotatable bonds is 6. The van der Waals surface area contributed by atoms with E-state index in [-0.39, 0.29) is 12.5 Å². The normalized spacial score (nSPS) is 10.7. The van der Waals surface area contributed by atoms with Gasteiger partial charge in [-0.15, -0.1) is 0 Å². The largest absolute Gasteiger partial charge is 0.395 e. The molecular formula is C24H26N2O2. The highest BCUT2D eigenvalue weighted by Gasteiger charge is 2.17. The number of aromatic nitrogens is 1. The minimum atomic E-state index is -0.0945. The molecule has 144 valence electrons. The molecule has 1 heterocycles. The lowest BCUT2D eigenvalue weighted by Crippen LogP contribution is -2.33. The summed E-state index contributed by atoms with van der Waals surface area (Å²) >= 11 is 0. The van der Waals surface area contributed by atoms with Gasteiger partial charge in [-0.2, -0.15) is 0 Å². The number of carbonyl (C=O) groups is 1. The maximum atomic E-state index is 13.1. The van der Waals surface area contributed by atoms with Crippen LogP contribution in [-0.2, 0) is 6.54 Å². The van der Waals surface area contributed by atoms with E-state index < -0.39 is 0 Å². The summed E-state index contributed by atoms with van der Waals surface area (Å²) in [7, 11) is 0. The predicted molar refractivity (Wildman–Crippen MR) is 112 cm³/mol. The molecule has 0 aliphatic rings. The van der Waals surface area contributed by atoms with Gasteiger partial charge in [-0.25, -0.2) is 0 Å². The van der Waals surface area contributed by atoms with Gasteiger partial charge in [0.1, 0.15) is 0 Å². The molecule has 2 aromatic carbocycles. The summed E-state index contributed by atoms with van der Waals surface area (Å²) in [6, 6.07) is 19.6. The summed E-state index contributed by atoms with van der Waals surface area (Å²) in [4.78, 5) is 19.5. The zero-order valence-electron chi connectivity index (χ0n) is 16.6. The number of aliphatic hydroxyl groups excluding tert-OH is 1. The first kappa shape index (κ1) is 19.8. The molecule has 4 heteroatoms. The van der Waals surface area contributed by atoms with Crippen molar-refractivity contribution >= 4 is 5.91 Å². The van der Waals surface area contributed by atoms with Crippen LogP contribution in [0.1, 0.15) is 32.7 Å². The van der Waals surface area contributed by atoms with E-state index in [0.29, 0.717) is 18.7 Å². The Balaban J connectivity index is 1.89. The highest BCUT2D eigenvalue weighted by Crippen LogP contribution is 2.21. The van der Waals surface area contributed by atoms with E-state index >= 15 is 0 Å². The van der Waals surface area contributed by atoms with Crippen molar-refractivity contribution in [2.45, 2.75) is 27.3 Å². The lowest BCUT2D eigenvalue weighted by Gasteiger charge is -2.23. The molecule has 1 N–H and O–H groups in total. The van der Waals surface area contributed by atoms with E-state index in [0.717, 1.165) is 33.6 Å². The maximum absolute atomic E-state index is 13.1. The van der Waals surface area contributed by atoms with Crippen LogP contribution in [-0.4, -0.2) is 34.0 Å². The van der Waals surface area contributed by atoms with Crippen molar-refractivity contribution < 1.29 is 9.90 Å². The second-order valence-corrected chi connectivity index (χ2v) is 7.06. The number of aliphatic hydroxyl groups is 1. The van der Waals surface area contributed by atoms with Gasteiger partial charge in [-0.05, 0) is 55.7 Å². The maximum Gasteiger partial charge on any atom is 0.254 e. The van der Waals surface area contributed by atoms with Crippen LogP contribution >= 0.6 is 0 Å². The van der Waals surface area contributed by atoms with Crippen LogP contribution in [0.5, 0.6) is 0 Å². The number of carbonyl (C=O) groups excluding carboxylic acids is 1. The monoisotopic (exact) mass is 374 g/mol. The van der Waals surface area contributed by atoms with Crippen LogP contribution in [0, 0.1) is 20.8 Å². The summed E-state index contributed by atoms with van der Waals surface area (Å²) in [6.07, 6.45) is 0. The molecule has 0 radical (unpaired) electrons. The van der Waals surface area contributed by atoms with Gasteiger partial charge in [0, 0.05) is 29.9 Å². The topological polar surface area (TPSA) is 53.4 Å². The molecule has 28 heavy (non-hydrogen) atoms. The predicted octanol–water partition coefficient (Wildman–Crippen LogP) is 4.31. The van der Waals surface area contributed by atoms with E-state index in [1.807, 2.05) is 81.4 Å². The highest BCUT2D eigenvalue weighted by molar-refractivity contribution is 5.95. The Hall–Kier alpha value is -2.98. The average molecular weight is 374 g/mol. The molecule has 4 nitrogen and oxygen atoms in total. The van der Waals surface area contributed by atoms with Crippen LogP contribution in [0.4, 0.5) is 0 Å². The molecule has 0 aliphatic heterocycles. The van der Waals surface area contributed by atoms with Crippen LogP contribution in [0.15, 0.2) is 60.7 Å². The molecule has 1 amide bonds. The SMILES string of the molecule is Cc1ccccc1CN(CCO)C(=O)c1cccc(-c2ccc(C)c(C)n2)c1. The fraction of sp³-hybridized carbons (Fsp3) is 0.250. The molecule has 0 unspecified atom stereocenters. The van der Waals surface area contributed by atoms with Gasteiger partial charge in [0.25, 0.3) is 5.91 Å². The molecule has 3 rings (SSSR count). The third-order valence-electron chi connectivity index (χ3n) is 5.03. The zero-order chi connectivity index (χ0) is 20.1. The lowest BCUT2D eigenvalue weighted by atomic mass is 10.0. The Morgan fingerprint density at radius 3 is 2.46 bits per heavy atom. The summed E-state index contributed by atoms with van der Waals surface area (Å²) in [6.45, 7) is 6.74. The molecule has 0 fully saturated rings. The van der Waals surface area contributed by atoms with E-state index in [1.54, 1.807) is 4.90 Å². The van der Waals surface area contributed by atoms with Crippen LogP contribution in [0.25, 0.3) is 11.3 Å². The van der Waals surface area contributed by atoms with E-state index in [2.05, 4.69) is 4.98 Å². The molecule has 0 aliphatic carbocycles. The number of nitrogens with zero attached hydrogens (tertiary/aromatic N) is 2. The first-order valence-electron chi connectivity index (χ1n) is 9.49. The van der Waals surface area contributed by atoms with Gasteiger partial charge in [0.15, 0.2) is 0 Å². The van der Waals surface area contributed by atoms with Crippen molar-refractivity contribution in [3.63, 3.8) is 0 Å². The Bertz CT molecular complexity index is 982. The Kier molecular flexibility index (Phi) is 6.22. The standard InChI is InChI=1S/C24H26N2O2/c1-17-11-12-23(25-19(17)3)20-9-6-10-21(15-20)24(28)26(13-14-27)16-22-8-5-4-7-18(22)2/h4-12,15,27H,13-14,16H2,1-3H3. The number of aryl methyl sites for hydroxylation is 3. The fourth-order valence-electron chi connectivity index (χ4n) is 3.15. The second-order valence-electron chi connectivity index (χ2n) is 7.06. The number of pyridine rings is 1. The van der Waals surface area contributed by atoms with Crippen LogP contribution < -0.4 is 0 Å². The lowest BCUT2D eigenvalue weighted by molar-refractivity contribution is 0.0707. The van der Waals surface area contributed by atoms with Crippen molar-refractivity contribution in [1.29, 1.82) is 0 Å². The third-order valence-corrected chi connectivity index (χ3v) is 5.03. The molecule has 0 saturated carbocycles. The molecule has 3 aromatic rings. The molecule has 1 aromatic heterocycles. The van der Waals surface area contributed by atoms with E-state index in [4.69, 9.17) is 0 Å². The number of hydrogen-bond donors (Lipinski definition) is 1. The van der Waals surface area contributed by atoms with Gasteiger partial charge < -0.3 is 10.0 Å². The van der Waals surface area contributed by atoms with Crippen LogP contribution in [0.3, 0.4) is 0 Å². The van der Waals surface area contributed by atoms with Crippen molar-refractivity contribution in [3.05, 3.63) is 88.6 Å². The van der Waals surface area contributed by atoms with Crippen molar-refractivity contribution in [2.75, 3.05) is 13.2 Å². The summed E-state index contributed by atoms with van der Waals surface area (Å²) in [5.41, 5.74) is 6.69. The molecule has 0 atom stereocenters. The number of amides is 1. The third kappa shape index (κ3) is 4.46. The van der Waals surface area contributed by atoms with Gasteiger partial charge >= 0.3 is 0 Å². The Morgan fingerprint density at radius 1 is 0.964 bits per heavy atom. The minimum Gasteiger partial charge on any atom is -0.395 e. The first-order valence-corrected chi connectivity index (χ1v) is 9.49. The molecular weight excluding hydrogens is 348 g/mol. The van der Waals surface area contributed by atoms with Gasteiger partial charge in [-0.3, -0.25) is 9.78 Å². The van der Waals surface area contributed by atoms with Crippen molar-refractivity contribution in [1.82, 2.24) is 9.88 Å². The minimum absolute atomic E-state index is 0.0734. The highest BCUT2D eigenvalue weighted by atomic mass is 16.3. The van der Waals surface area contributed by atoms with Gasteiger partial charge in [-0.1, -0.05) is 42.5 Å². The first-order chi connectivity index (χ1) is 13.5. The summed E-state index contributed by atoms with van der Waals surface area (Å²) < 4.78 is 0. The molecule has 0 saturated heterocycles. The average Bonchev–Trinajstić information content (AvgIpc) is 2.71. The van der Waals surface area contributed by atoms with E-state index in [1.165, 1.54) is 0 Å². The Morgan fingerprint density at radius 2 is 1.75 bits per heavy atom. The molecule has 0 spiro atoms. The van der Waals surface area contributed by atoms with E-state index in [9.17, 15) is 9.90 Å². The quantitative estimate of drug-likeness (QED) is 0.699. The van der Waals surface area contributed by atoms with Gasteiger partial charge in [0.05, 0.1) is 12.3 Å². The number of hydrogen-bond acceptors (Lipinski definition) is 3. The Labute approximate surface area is 166 Å². The van der Waals surface area contributed by atoms with Gasteiger partial charge in [0.2, 0.25) is 0 Å². The van der Waals surface area contributed by atoms with Crippen molar-refractivity contribution in [3.8, 4) is 11.3 Å². The summed E-state index contributed by atoms with van der Waals surface area (Å²) in [5, 5.41) is 9.47. The van der Waals surface area contributed by atoms with Crippen LogP contribution in [0.2, 0.25) is 0 Å². The summed E-state index contributed by atoms with van der Waals surface area (Å²) in [5.74, 6) is -0.0945. The molecule has 0 bridgehead atoms. The smallest absolute Gasteiger partial charge is 0.254 e. The zero-order valence-corrected chi connectivity index (χ0v) is 16.6.